The van der Waals surface area contributed by atoms with E-state index in [0.717, 1.165) is 38.3 Å². The Morgan fingerprint density at radius 1 is 1.28 bits per heavy atom. The Balaban J connectivity index is 2.25. The molecule has 0 heterocycles. The first-order valence-corrected chi connectivity index (χ1v) is 6.79. The highest BCUT2D eigenvalue weighted by Crippen LogP contribution is 2.25. The fraction of sp³-hybridized carbons (Fsp3) is 0.500. The number of unbranched alkanes of at least 4 members (excludes halogenated alkanes) is 1. The lowest BCUT2D eigenvalue weighted by Crippen LogP contribution is -2.15. The molecule has 0 radical (unpaired) electrons. The Bertz CT molecular complexity index is 347. The van der Waals surface area contributed by atoms with E-state index in [4.69, 9.17) is 4.74 Å². The van der Waals surface area contributed by atoms with Gasteiger partial charge < -0.3 is 10.1 Å². The molecule has 1 rings (SSSR count). The lowest BCUT2D eigenvalue weighted by atomic mass is 10.0. The summed E-state index contributed by atoms with van der Waals surface area (Å²) < 4.78 is 5.86. The number of rotatable bonds is 9. The van der Waals surface area contributed by atoms with Gasteiger partial charge in [0.25, 0.3) is 0 Å². The summed E-state index contributed by atoms with van der Waals surface area (Å²) in [5, 5.41) is 3.29. The summed E-state index contributed by atoms with van der Waals surface area (Å²) in [6.07, 6.45) is 4.10. The molecule has 0 spiro atoms. The summed E-state index contributed by atoms with van der Waals surface area (Å²) in [6, 6.07) is 8.31. The van der Waals surface area contributed by atoms with Gasteiger partial charge in [-0.2, -0.15) is 0 Å². The number of ether oxygens (including phenoxy) is 1. The molecule has 0 aliphatic rings. The van der Waals surface area contributed by atoms with Crippen LogP contribution in [0, 0.1) is 0 Å². The quantitative estimate of drug-likeness (QED) is 0.530. The Labute approximate surface area is 111 Å². The number of hydrogen-bond acceptors (Lipinski definition) is 2. The van der Waals surface area contributed by atoms with Crippen molar-refractivity contribution in [2.45, 2.75) is 32.6 Å². The van der Waals surface area contributed by atoms with Gasteiger partial charge >= 0.3 is 0 Å². The van der Waals surface area contributed by atoms with Crippen LogP contribution in [0.25, 0.3) is 0 Å². The van der Waals surface area contributed by atoms with E-state index in [9.17, 15) is 0 Å². The third-order valence-corrected chi connectivity index (χ3v) is 2.84. The molecule has 18 heavy (non-hydrogen) atoms. The second-order valence-corrected chi connectivity index (χ2v) is 4.74. The van der Waals surface area contributed by atoms with E-state index >= 15 is 0 Å². The topological polar surface area (TPSA) is 21.3 Å². The smallest absolute Gasteiger partial charge is 0.122 e. The third kappa shape index (κ3) is 5.37. The number of benzene rings is 1. The first kappa shape index (κ1) is 14.8. The summed E-state index contributed by atoms with van der Waals surface area (Å²) in [5.74, 6) is 1.54. The molecule has 0 aliphatic carbocycles. The summed E-state index contributed by atoms with van der Waals surface area (Å²) in [7, 11) is 0. The van der Waals surface area contributed by atoms with Gasteiger partial charge in [0.15, 0.2) is 0 Å². The van der Waals surface area contributed by atoms with Crippen LogP contribution in [-0.4, -0.2) is 19.7 Å². The van der Waals surface area contributed by atoms with Crippen LogP contribution in [0.1, 0.15) is 38.2 Å². The van der Waals surface area contributed by atoms with Crippen molar-refractivity contribution < 1.29 is 4.74 Å². The monoisotopic (exact) mass is 247 g/mol. The normalized spacial score (nSPS) is 10.6. The number of hydrogen-bond donors (Lipinski definition) is 1. The Morgan fingerprint density at radius 2 is 2.06 bits per heavy atom. The summed E-state index contributed by atoms with van der Waals surface area (Å²) in [6.45, 7) is 10.8. The largest absolute Gasteiger partial charge is 0.493 e. The van der Waals surface area contributed by atoms with Gasteiger partial charge in [-0.15, -0.1) is 6.58 Å². The van der Waals surface area contributed by atoms with Crippen molar-refractivity contribution in [3.63, 3.8) is 0 Å². The second kappa shape index (κ2) is 8.76. The maximum atomic E-state index is 5.86. The van der Waals surface area contributed by atoms with Gasteiger partial charge in [0.1, 0.15) is 5.75 Å². The van der Waals surface area contributed by atoms with Crippen LogP contribution >= 0.6 is 0 Å². The molecule has 0 atom stereocenters. The molecule has 2 nitrogen and oxygen atoms in total. The SMILES string of the molecule is C=CCNCCCCOc1ccccc1C(C)C. The minimum atomic E-state index is 0.510. The molecule has 1 aromatic carbocycles. The minimum absolute atomic E-state index is 0.510. The van der Waals surface area contributed by atoms with Crippen LogP contribution in [0.5, 0.6) is 5.75 Å². The minimum Gasteiger partial charge on any atom is -0.493 e. The number of nitrogens with one attached hydrogen (secondary N) is 1. The van der Waals surface area contributed by atoms with Gasteiger partial charge in [0.05, 0.1) is 6.61 Å². The van der Waals surface area contributed by atoms with E-state index in [0.29, 0.717) is 5.92 Å². The standard InChI is InChI=1S/C16H25NO/c1-4-11-17-12-7-8-13-18-16-10-6-5-9-15(16)14(2)3/h4-6,9-10,14,17H,1,7-8,11-13H2,2-3H3. The van der Waals surface area contributed by atoms with E-state index in [2.05, 4.69) is 43.9 Å². The molecule has 0 aliphatic heterocycles. The Morgan fingerprint density at radius 3 is 2.78 bits per heavy atom. The molecule has 0 amide bonds. The maximum absolute atomic E-state index is 5.86. The number of para-hydroxylation sites is 1. The van der Waals surface area contributed by atoms with Crippen LogP contribution < -0.4 is 10.1 Å². The van der Waals surface area contributed by atoms with Crippen molar-refractivity contribution in [3.05, 3.63) is 42.5 Å². The molecule has 100 valence electrons. The molecule has 0 saturated heterocycles. The summed E-state index contributed by atoms with van der Waals surface area (Å²) >= 11 is 0. The van der Waals surface area contributed by atoms with Crippen LogP contribution in [0.4, 0.5) is 0 Å². The zero-order valence-electron chi connectivity index (χ0n) is 11.6. The highest BCUT2D eigenvalue weighted by molar-refractivity contribution is 5.35. The molecular formula is C16H25NO. The molecule has 1 N–H and O–H groups in total. The van der Waals surface area contributed by atoms with Crippen molar-refractivity contribution in [1.82, 2.24) is 5.32 Å². The van der Waals surface area contributed by atoms with Gasteiger partial charge in [0, 0.05) is 6.54 Å². The molecule has 0 saturated carbocycles. The van der Waals surface area contributed by atoms with Gasteiger partial charge in [-0.3, -0.25) is 0 Å². The highest BCUT2D eigenvalue weighted by Gasteiger charge is 2.05. The zero-order chi connectivity index (χ0) is 13.2. The predicted molar refractivity (Wildman–Crippen MR) is 78.3 cm³/mol. The third-order valence-electron chi connectivity index (χ3n) is 2.84. The van der Waals surface area contributed by atoms with Crippen LogP contribution in [0.15, 0.2) is 36.9 Å². The van der Waals surface area contributed by atoms with Crippen molar-refractivity contribution in [2.75, 3.05) is 19.7 Å². The molecule has 1 aromatic rings. The zero-order valence-corrected chi connectivity index (χ0v) is 11.6. The fourth-order valence-electron chi connectivity index (χ4n) is 1.83. The molecule has 0 bridgehead atoms. The first-order valence-electron chi connectivity index (χ1n) is 6.79. The van der Waals surface area contributed by atoms with Gasteiger partial charge in [-0.1, -0.05) is 38.1 Å². The highest BCUT2D eigenvalue weighted by atomic mass is 16.5. The molecule has 0 unspecified atom stereocenters. The van der Waals surface area contributed by atoms with Gasteiger partial charge in [-0.25, -0.2) is 0 Å². The Hall–Kier alpha value is -1.28. The molecule has 2 heteroatoms. The van der Waals surface area contributed by atoms with Crippen LogP contribution in [-0.2, 0) is 0 Å². The van der Waals surface area contributed by atoms with E-state index < -0.39 is 0 Å². The molecule has 0 fully saturated rings. The van der Waals surface area contributed by atoms with E-state index in [1.807, 2.05) is 12.1 Å². The summed E-state index contributed by atoms with van der Waals surface area (Å²) in [4.78, 5) is 0. The van der Waals surface area contributed by atoms with Crippen molar-refractivity contribution >= 4 is 0 Å². The van der Waals surface area contributed by atoms with Crippen molar-refractivity contribution in [3.8, 4) is 5.75 Å². The molecular weight excluding hydrogens is 222 g/mol. The van der Waals surface area contributed by atoms with Crippen molar-refractivity contribution in [2.24, 2.45) is 0 Å². The summed E-state index contributed by atoms with van der Waals surface area (Å²) in [5.41, 5.74) is 1.29. The lowest BCUT2D eigenvalue weighted by molar-refractivity contribution is 0.302. The maximum Gasteiger partial charge on any atom is 0.122 e. The average Bonchev–Trinajstić information content (AvgIpc) is 2.38. The first-order chi connectivity index (χ1) is 8.75. The molecule has 0 aromatic heterocycles. The van der Waals surface area contributed by atoms with Crippen LogP contribution in [0.2, 0.25) is 0 Å². The van der Waals surface area contributed by atoms with Crippen LogP contribution in [0.3, 0.4) is 0 Å². The van der Waals surface area contributed by atoms with E-state index in [1.165, 1.54) is 5.56 Å². The van der Waals surface area contributed by atoms with E-state index in [-0.39, 0.29) is 0 Å². The second-order valence-electron chi connectivity index (χ2n) is 4.74. The Kier molecular flexibility index (Phi) is 7.19. The fourth-order valence-corrected chi connectivity index (χ4v) is 1.83. The van der Waals surface area contributed by atoms with Gasteiger partial charge in [0.2, 0.25) is 0 Å². The van der Waals surface area contributed by atoms with Gasteiger partial charge in [-0.05, 0) is 36.9 Å². The average molecular weight is 247 g/mol. The van der Waals surface area contributed by atoms with E-state index in [1.54, 1.807) is 0 Å². The lowest BCUT2D eigenvalue weighted by Gasteiger charge is -2.13. The van der Waals surface area contributed by atoms with Crippen molar-refractivity contribution in [1.29, 1.82) is 0 Å². The predicted octanol–water partition coefficient (Wildman–Crippen LogP) is 3.74.